The van der Waals surface area contributed by atoms with Gasteiger partial charge in [-0.05, 0) is 12.5 Å². The van der Waals surface area contributed by atoms with Gasteiger partial charge in [0.25, 0.3) is 5.56 Å². The first-order chi connectivity index (χ1) is 12.7. The van der Waals surface area contributed by atoms with Crippen LogP contribution in [0.4, 0.5) is 0 Å². The van der Waals surface area contributed by atoms with E-state index in [0.717, 1.165) is 26.4 Å². The van der Waals surface area contributed by atoms with Crippen LogP contribution in [0.25, 0.3) is 32.7 Å². The lowest BCUT2D eigenvalue weighted by molar-refractivity contribution is 0.796. The summed E-state index contributed by atoms with van der Waals surface area (Å²) in [5.74, 6) is 3.20. The number of nitrogens with zero attached hydrogens (tertiary/aromatic N) is 2. The number of fused-ring (bicyclic) bond motifs is 1. The zero-order valence-electron chi connectivity index (χ0n) is 14.3. The van der Waals surface area contributed by atoms with Crippen LogP contribution in [0.3, 0.4) is 0 Å². The van der Waals surface area contributed by atoms with Crippen LogP contribution in [0.5, 0.6) is 0 Å². The van der Waals surface area contributed by atoms with Crippen LogP contribution in [0.15, 0.2) is 65.5 Å². The zero-order chi connectivity index (χ0) is 18.1. The lowest BCUT2D eigenvalue weighted by Crippen LogP contribution is -2.23. The Labute approximate surface area is 155 Å². The fourth-order valence-corrected chi connectivity index (χ4v) is 4.23. The van der Waals surface area contributed by atoms with E-state index in [9.17, 15) is 4.79 Å². The summed E-state index contributed by atoms with van der Waals surface area (Å²) in [7, 11) is 0. The average molecular weight is 356 g/mol. The highest BCUT2D eigenvalue weighted by Gasteiger charge is 2.19. The maximum atomic E-state index is 13.4. The Bertz CT molecular complexity index is 1180. The number of rotatable bonds is 3. The van der Waals surface area contributed by atoms with Gasteiger partial charge in [-0.1, -0.05) is 66.6 Å². The molecule has 2 aromatic heterocycles. The van der Waals surface area contributed by atoms with Gasteiger partial charge in [-0.2, -0.15) is 0 Å². The number of aryl methyl sites for hydroxylation is 1. The van der Waals surface area contributed by atoms with Crippen molar-refractivity contribution in [1.29, 1.82) is 0 Å². The van der Waals surface area contributed by atoms with Gasteiger partial charge in [0.1, 0.15) is 10.7 Å². The third-order valence-corrected chi connectivity index (χ3v) is 5.33. The van der Waals surface area contributed by atoms with Crippen LogP contribution >= 0.6 is 11.3 Å². The molecule has 26 heavy (non-hydrogen) atoms. The maximum Gasteiger partial charge on any atom is 0.264 e. The van der Waals surface area contributed by atoms with Gasteiger partial charge in [0.15, 0.2) is 0 Å². The Morgan fingerprint density at radius 2 is 1.65 bits per heavy atom. The Morgan fingerprint density at radius 1 is 1.04 bits per heavy atom. The molecule has 0 radical (unpaired) electrons. The monoisotopic (exact) mass is 356 g/mol. The largest absolute Gasteiger partial charge is 0.280 e. The quantitative estimate of drug-likeness (QED) is 0.497. The summed E-state index contributed by atoms with van der Waals surface area (Å²) in [5.41, 5.74) is 2.77. The number of thiophene rings is 1. The molecule has 126 valence electrons. The molecule has 0 amide bonds. The fourth-order valence-electron chi connectivity index (χ4n) is 3.19. The van der Waals surface area contributed by atoms with Crippen molar-refractivity contribution in [1.82, 2.24) is 9.55 Å². The number of benzene rings is 2. The molecule has 0 bridgehead atoms. The van der Waals surface area contributed by atoms with Crippen molar-refractivity contribution < 1.29 is 0 Å². The SMILES string of the molecule is C#CCn1c(-c2ccccc2)nc2sc(C)c(-c3ccccc3)c2c1=O. The van der Waals surface area contributed by atoms with Crippen molar-refractivity contribution in [3.8, 4) is 34.9 Å². The molecule has 0 N–H and O–H groups in total. The standard InChI is InChI=1S/C22H16N2OS/c1-3-14-24-20(17-12-8-5-9-13-17)23-21-19(22(24)25)18(15(2)26-21)16-10-6-4-7-11-16/h1,4-13H,14H2,2H3. The molecule has 0 saturated heterocycles. The van der Waals surface area contributed by atoms with Crippen LogP contribution in [0.2, 0.25) is 0 Å². The second-order valence-corrected chi connectivity index (χ2v) is 7.18. The normalized spacial score (nSPS) is 10.8. The highest BCUT2D eigenvalue weighted by Crippen LogP contribution is 2.36. The predicted molar refractivity (Wildman–Crippen MR) is 108 cm³/mol. The molecule has 3 nitrogen and oxygen atoms in total. The molecular formula is C22H16N2OS. The average Bonchev–Trinajstić information content (AvgIpc) is 3.01. The van der Waals surface area contributed by atoms with Gasteiger partial charge < -0.3 is 0 Å². The molecule has 0 aliphatic rings. The van der Waals surface area contributed by atoms with E-state index in [0.29, 0.717) is 11.2 Å². The van der Waals surface area contributed by atoms with E-state index in [2.05, 4.69) is 5.92 Å². The van der Waals surface area contributed by atoms with E-state index in [-0.39, 0.29) is 12.1 Å². The number of hydrogen-bond donors (Lipinski definition) is 0. The number of terminal acetylenes is 1. The first-order valence-corrected chi connectivity index (χ1v) is 9.10. The van der Waals surface area contributed by atoms with Gasteiger partial charge in [-0.3, -0.25) is 9.36 Å². The van der Waals surface area contributed by atoms with Crippen molar-refractivity contribution in [3.05, 3.63) is 75.9 Å². The molecule has 2 aromatic carbocycles. The Balaban J connectivity index is 2.09. The Morgan fingerprint density at radius 3 is 2.27 bits per heavy atom. The highest BCUT2D eigenvalue weighted by atomic mass is 32.1. The molecule has 0 aliphatic carbocycles. The van der Waals surface area contributed by atoms with Crippen LogP contribution in [0, 0.1) is 19.3 Å². The van der Waals surface area contributed by atoms with Crippen molar-refractivity contribution in [2.24, 2.45) is 0 Å². The Hall–Kier alpha value is -3.16. The summed E-state index contributed by atoms with van der Waals surface area (Å²) in [4.78, 5) is 20.0. The minimum absolute atomic E-state index is 0.0880. The van der Waals surface area contributed by atoms with Crippen LogP contribution in [0.1, 0.15) is 4.88 Å². The smallest absolute Gasteiger partial charge is 0.264 e. The topological polar surface area (TPSA) is 34.9 Å². The second-order valence-electron chi connectivity index (χ2n) is 5.98. The van der Waals surface area contributed by atoms with Crippen molar-refractivity contribution in [3.63, 3.8) is 0 Å². The minimum atomic E-state index is -0.0880. The van der Waals surface area contributed by atoms with Crippen LogP contribution < -0.4 is 5.56 Å². The molecule has 0 atom stereocenters. The fraction of sp³-hybridized carbons (Fsp3) is 0.0909. The minimum Gasteiger partial charge on any atom is -0.280 e. The van der Waals surface area contributed by atoms with Gasteiger partial charge >= 0.3 is 0 Å². The molecule has 0 aliphatic heterocycles. The summed E-state index contributed by atoms with van der Waals surface area (Å²) in [6.07, 6.45) is 5.54. The van der Waals surface area contributed by atoms with Gasteiger partial charge in [0, 0.05) is 16.0 Å². The molecule has 0 unspecified atom stereocenters. The molecule has 2 heterocycles. The summed E-state index contributed by atoms with van der Waals surface area (Å²) < 4.78 is 1.59. The molecule has 4 heteroatoms. The molecular weight excluding hydrogens is 340 g/mol. The lowest BCUT2D eigenvalue weighted by Gasteiger charge is -2.10. The Kier molecular flexibility index (Phi) is 4.16. The summed E-state index contributed by atoms with van der Waals surface area (Å²) >= 11 is 1.55. The third-order valence-electron chi connectivity index (χ3n) is 4.33. The molecule has 0 spiro atoms. The van der Waals surface area contributed by atoms with Crippen LogP contribution in [-0.4, -0.2) is 9.55 Å². The maximum absolute atomic E-state index is 13.4. The zero-order valence-corrected chi connectivity index (χ0v) is 15.1. The lowest BCUT2D eigenvalue weighted by atomic mass is 10.0. The van der Waals surface area contributed by atoms with E-state index in [1.165, 1.54) is 0 Å². The molecule has 0 fully saturated rings. The summed E-state index contributed by atoms with van der Waals surface area (Å²) in [5, 5.41) is 0.647. The van der Waals surface area contributed by atoms with Gasteiger partial charge in [-0.25, -0.2) is 4.98 Å². The van der Waals surface area contributed by atoms with Crippen molar-refractivity contribution in [2.75, 3.05) is 0 Å². The summed E-state index contributed by atoms with van der Waals surface area (Å²) in [6.45, 7) is 2.22. The predicted octanol–water partition coefficient (Wildman–Crippen LogP) is 4.73. The third kappa shape index (κ3) is 2.63. The van der Waals surface area contributed by atoms with E-state index in [1.807, 2.05) is 67.6 Å². The second kappa shape index (κ2) is 6.62. The number of hydrogen-bond acceptors (Lipinski definition) is 3. The van der Waals surface area contributed by atoms with Crippen molar-refractivity contribution in [2.45, 2.75) is 13.5 Å². The molecule has 4 aromatic rings. The van der Waals surface area contributed by atoms with Gasteiger partial charge in [-0.15, -0.1) is 17.8 Å². The molecule has 4 rings (SSSR count). The van der Waals surface area contributed by atoms with Gasteiger partial charge in [0.2, 0.25) is 0 Å². The van der Waals surface area contributed by atoms with E-state index in [4.69, 9.17) is 11.4 Å². The first kappa shape index (κ1) is 16.3. The van der Waals surface area contributed by atoms with E-state index < -0.39 is 0 Å². The van der Waals surface area contributed by atoms with Crippen LogP contribution in [-0.2, 0) is 6.54 Å². The van der Waals surface area contributed by atoms with E-state index >= 15 is 0 Å². The van der Waals surface area contributed by atoms with E-state index in [1.54, 1.807) is 15.9 Å². The molecule has 0 saturated carbocycles. The highest BCUT2D eigenvalue weighted by molar-refractivity contribution is 7.19. The number of aromatic nitrogens is 2. The van der Waals surface area contributed by atoms with Gasteiger partial charge in [0.05, 0.1) is 11.9 Å². The summed E-state index contributed by atoms with van der Waals surface area (Å²) in [6, 6.07) is 19.6. The first-order valence-electron chi connectivity index (χ1n) is 8.29. The van der Waals surface area contributed by atoms with Crippen molar-refractivity contribution >= 4 is 21.6 Å².